The summed E-state index contributed by atoms with van der Waals surface area (Å²) in [6.07, 6.45) is 4.50. The monoisotopic (exact) mass is 413 g/mol. The lowest BCUT2D eigenvalue weighted by Crippen LogP contribution is -2.29. The molecule has 0 aliphatic heterocycles. The van der Waals surface area contributed by atoms with E-state index in [1.165, 1.54) is 24.3 Å². The summed E-state index contributed by atoms with van der Waals surface area (Å²) in [6.45, 7) is 4.37. The molecule has 0 bridgehead atoms. The van der Waals surface area contributed by atoms with Gasteiger partial charge in [-0.2, -0.15) is 0 Å². The van der Waals surface area contributed by atoms with E-state index in [-0.39, 0.29) is 23.6 Å². The fourth-order valence-electron chi connectivity index (χ4n) is 4.27. The van der Waals surface area contributed by atoms with Gasteiger partial charge < -0.3 is 14.8 Å². The second kappa shape index (κ2) is 10.6. The van der Waals surface area contributed by atoms with Gasteiger partial charge in [-0.3, -0.25) is 4.79 Å². The fourth-order valence-corrected chi connectivity index (χ4v) is 4.27. The Labute approximate surface area is 178 Å². The summed E-state index contributed by atoms with van der Waals surface area (Å²) in [5.41, 5.74) is 3.55. The molecule has 2 aromatic carbocycles. The highest BCUT2D eigenvalue weighted by Gasteiger charge is 2.27. The van der Waals surface area contributed by atoms with Gasteiger partial charge in [0.2, 0.25) is 0 Å². The second-order valence-corrected chi connectivity index (χ2v) is 8.04. The predicted molar refractivity (Wildman–Crippen MR) is 116 cm³/mol. The molecule has 2 aromatic rings. The molecule has 1 aliphatic carbocycles. The number of methoxy groups -OCH3 is 1. The molecule has 162 valence electrons. The summed E-state index contributed by atoms with van der Waals surface area (Å²) in [5.74, 6) is 0.351. The van der Waals surface area contributed by atoms with Crippen molar-refractivity contribution < 1.29 is 18.7 Å². The Morgan fingerprint density at radius 2 is 1.97 bits per heavy atom. The van der Waals surface area contributed by atoms with E-state index < -0.39 is 0 Å². The van der Waals surface area contributed by atoms with Crippen LogP contribution < -0.4 is 10.1 Å². The van der Waals surface area contributed by atoms with Gasteiger partial charge in [-0.1, -0.05) is 30.3 Å². The Kier molecular flexibility index (Phi) is 7.86. The highest BCUT2D eigenvalue weighted by atomic mass is 19.1. The quantitative estimate of drug-likeness (QED) is 0.566. The Morgan fingerprint density at radius 3 is 2.67 bits per heavy atom. The number of carbonyl (C=O) groups excluding carboxylic acids is 1. The van der Waals surface area contributed by atoms with E-state index in [2.05, 4.69) is 36.5 Å². The first-order valence-corrected chi connectivity index (χ1v) is 10.8. The average molecular weight is 414 g/mol. The standard InChI is InChI=1S/C25H32FNO3/c1-4-30-25(28)14-7-18-5-8-19(9-6-18)21-10-12-22(15-21)27-17(2)20-11-13-23(26)24(16-20)29-3/h5-6,8-9,11,13,16-17,21-22,27H,4,7,10,12,14-15H2,1-3H3/t17-,21+,22+/m1/s1. The molecule has 1 fully saturated rings. The van der Waals surface area contributed by atoms with Crippen molar-refractivity contribution in [1.82, 2.24) is 5.32 Å². The average Bonchev–Trinajstić information content (AvgIpc) is 3.21. The van der Waals surface area contributed by atoms with Crippen LogP contribution >= 0.6 is 0 Å². The molecule has 1 saturated carbocycles. The number of rotatable bonds is 9. The zero-order chi connectivity index (χ0) is 21.5. The Hall–Kier alpha value is -2.40. The van der Waals surface area contributed by atoms with Crippen LogP contribution in [0.5, 0.6) is 5.75 Å². The van der Waals surface area contributed by atoms with Gasteiger partial charge in [0.15, 0.2) is 11.6 Å². The van der Waals surface area contributed by atoms with Crippen molar-refractivity contribution in [3.63, 3.8) is 0 Å². The summed E-state index contributed by atoms with van der Waals surface area (Å²) in [7, 11) is 1.49. The first-order valence-electron chi connectivity index (χ1n) is 10.8. The van der Waals surface area contributed by atoms with Crippen LogP contribution in [0.3, 0.4) is 0 Å². The van der Waals surface area contributed by atoms with Crippen molar-refractivity contribution in [3.05, 3.63) is 65.0 Å². The summed E-state index contributed by atoms with van der Waals surface area (Å²) in [5, 5.41) is 3.69. The Balaban J connectivity index is 1.52. The molecule has 5 heteroatoms. The van der Waals surface area contributed by atoms with E-state index in [9.17, 15) is 9.18 Å². The van der Waals surface area contributed by atoms with Crippen molar-refractivity contribution in [2.45, 2.75) is 64.0 Å². The SMILES string of the molecule is CCOC(=O)CCc1ccc([C@H]2CC[C@H](N[C@H](C)c3ccc(F)c(OC)c3)C2)cc1. The molecule has 1 N–H and O–H groups in total. The molecule has 0 unspecified atom stereocenters. The molecular formula is C25H32FNO3. The maximum absolute atomic E-state index is 13.7. The van der Waals surface area contributed by atoms with E-state index in [1.54, 1.807) is 6.07 Å². The third-order valence-corrected chi connectivity index (χ3v) is 5.97. The van der Waals surface area contributed by atoms with Crippen molar-refractivity contribution in [2.75, 3.05) is 13.7 Å². The Bertz CT molecular complexity index is 837. The minimum absolute atomic E-state index is 0.133. The molecule has 4 nitrogen and oxygen atoms in total. The molecule has 0 amide bonds. The summed E-state index contributed by atoms with van der Waals surface area (Å²) in [4.78, 5) is 11.5. The smallest absolute Gasteiger partial charge is 0.306 e. The minimum Gasteiger partial charge on any atom is -0.494 e. The first-order chi connectivity index (χ1) is 14.5. The zero-order valence-electron chi connectivity index (χ0n) is 18.1. The van der Waals surface area contributed by atoms with Crippen LogP contribution in [0.2, 0.25) is 0 Å². The first kappa shape index (κ1) is 22.3. The number of carbonyl (C=O) groups is 1. The zero-order valence-corrected chi connectivity index (χ0v) is 18.1. The molecule has 0 saturated heterocycles. The molecule has 0 spiro atoms. The summed E-state index contributed by atoms with van der Waals surface area (Å²) >= 11 is 0. The van der Waals surface area contributed by atoms with Crippen molar-refractivity contribution in [3.8, 4) is 5.75 Å². The second-order valence-electron chi connectivity index (χ2n) is 8.04. The Morgan fingerprint density at radius 1 is 1.20 bits per heavy atom. The van der Waals surface area contributed by atoms with Crippen molar-refractivity contribution >= 4 is 5.97 Å². The molecule has 1 aliphatic rings. The third-order valence-electron chi connectivity index (χ3n) is 5.97. The van der Waals surface area contributed by atoms with Gasteiger partial charge in [0.1, 0.15) is 0 Å². The highest BCUT2D eigenvalue weighted by Crippen LogP contribution is 2.36. The van der Waals surface area contributed by atoms with Gasteiger partial charge in [0, 0.05) is 18.5 Å². The van der Waals surface area contributed by atoms with E-state index in [1.807, 2.05) is 13.0 Å². The predicted octanol–water partition coefficient (Wildman–Crippen LogP) is 5.32. The van der Waals surface area contributed by atoms with E-state index in [4.69, 9.17) is 9.47 Å². The van der Waals surface area contributed by atoms with E-state index in [0.29, 0.717) is 31.4 Å². The molecule has 0 aromatic heterocycles. The number of hydrogen-bond donors (Lipinski definition) is 1. The number of hydrogen-bond acceptors (Lipinski definition) is 4. The summed E-state index contributed by atoms with van der Waals surface area (Å²) in [6, 6.07) is 14.3. The van der Waals surface area contributed by atoms with Crippen LogP contribution in [0.4, 0.5) is 4.39 Å². The number of esters is 1. The van der Waals surface area contributed by atoms with E-state index in [0.717, 1.165) is 24.8 Å². The maximum Gasteiger partial charge on any atom is 0.306 e. The van der Waals surface area contributed by atoms with Gasteiger partial charge in [-0.15, -0.1) is 0 Å². The van der Waals surface area contributed by atoms with Crippen molar-refractivity contribution in [2.24, 2.45) is 0 Å². The number of ether oxygens (including phenoxy) is 2. The van der Waals surface area contributed by atoms with Crippen LogP contribution in [0.25, 0.3) is 0 Å². The van der Waals surface area contributed by atoms with Crippen molar-refractivity contribution in [1.29, 1.82) is 0 Å². The minimum atomic E-state index is -0.333. The van der Waals surface area contributed by atoms with Crippen LogP contribution in [0, 0.1) is 5.82 Å². The maximum atomic E-state index is 13.7. The normalized spacial score (nSPS) is 19.5. The lowest BCUT2D eigenvalue weighted by atomic mass is 9.95. The van der Waals surface area contributed by atoms with Gasteiger partial charge in [-0.25, -0.2) is 4.39 Å². The molecule has 0 radical (unpaired) electrons. The fraction of sp³-hybridized carbons (Fsp3) is 0.480. The molecule has 3 atom stereocenters. The largest absolute Gasteiger partial charge is 0.494 e. The van der Waals surface area contributed by atoms with Gasteiger partial charge in [0.05, 0.1) is 13.7 Å². The molecule has 0 heterocycles. The summed E-state index contributed by atoms with van der Waals surface area (Å²) < 4.78 is 23.8. The molecular weight excluding hydrogens is 381 g/mol. The molecule has 30 heavy (non-hydrogen) atoms. The highest BCUT2D eigenvalue weighted by molar-refractivity contribution is 5.69. The van der Waals surface area contributed by atoms with Gasteiger partial charge >= 0.3 is 5.97 Å². The third kappa shape index (κ3) is 5.82. The number of nitrogens with one attached hydrogen (secondary N) is 1. The van der Waals surface area contributed by atoms with Crippen LogP contribution in [0.1, 0.15) is 68.2 Å². The lowest BCUT2D eigenvalue weighted by Gasteiger charge is -2.21. The van der Waals surface area contributed by atoms with Gasteiger partial charge in [0.25, 0.3) is 0 Å². The number of aryl methyl sites for hydroxylation is 1. The lowest BCUT2D eigenvalue weighted by molar-refractivity contribution is -0.143. The topological polar surface area (TPSA) is 47.6 Å². The van der Waals surface area contributed by atoms with Crippen LogP contribution in [-0.2, 0) is 16.0 Å². The van der Waals surface area contributed by atoms with E-state index >= 15 is 0 Å². The number of benzene rings is 2. The molecule has 3 rings (SSSR count). The van der Waals surface area contributed by atoms with Crippen LogP contribution in [-0.4, -0.2) is 25.7 Å². The number of halogens is 1. The van der Waals surface area contributed by atoms with Crippen LogP contribution in [0.15, 0.2) is 42.5 Å². The van der Waals surface area contributed by atoms with Gasteiger partial charge in [-0.05, 0) is 74.3 Å².